The van der Waals surface area contributed by atoms with E-state index in [0.717, 1.165) is 0 Å². The summed E-state index contributed by atoms with van der Waals surface area (Å²) >= 11 is 0. The molecule has 0 aromatic heterocycles. The molecule has 0 saturated carbocycles. The Balaban J connectivity index is 2.26. The van der Waals surface area contributed by atoms with E-state index in [0.29, 0.717) is 0 Å². The molecule has 0 aromatic rings. The predicted octanol–water partition coefficient (Wildman–Crippen LogP) is 2.36. The van der Waals surface area contributed by atoms with Crippen molar-refractivity contribution in [3.8, 4) is 0 Å². The lowest BCUT2D eigenvalue weighted by Crippen LogP contribution is -1.98. The summed E-state index contributed by atoms with van der Waals surface area (Å²) in [5.41, 5.74) is 0. The van der Waals surface area contributed by atoms with Gasteiger partial charge in [-0.25, -0.2) is 0 Å². The van der Waals surface area contributed by atoms with Crippen LogP contribution in [0.1, 0.15) is 0 Å². The van der Waals surface area contributed by atoms with Crippen molar-refractivity contribution in [2.75, 3.05) is 12.3 Å². The van der Waals surface area contributed by atoms with Gasteiger partial charge in [0.15, 0.2) is 0 Å². The third kappa shape index (κ3) is 1.15. The Morgan fingerprint density at radius 3 is 1.70 bits per heavy atom. The van der Waals surface area contributed by atoms with Gasteiger partial charge >= 0.3 is 0 Å². The molecule has 0 aliphatic carbocycles. The molecule has 2 aliphatic rings. The normalized spacial score (nSPS) is 24.8. The van der Waals surface area contributed by atoms with Gasteiger partial charge in [0.25, 0.3) is 0 Å². The summed E-state index contributed by atoms with van der Waals surface area (Å²) < 4.78 is 0. The second-order valence-corrected chi connectivity index (χ2v) is 4.58. The van der Waals surface area contributed by atoms with Gasteiger partial charge in [-0.2, -0.15) is 0 Å². The molecule has 50 valence electrons. The van der Waals surface area contributed by atoms with Gasteiger partial charge < -0.3 is 0 Å². The smallest absolute Gasteiger partial charge is 0.00916 e. The van der Waals surface area contributed by atoms with Crippen LogP contribution in [0.2, 0.25) is 0 Å². The maximum absolute atomic E-state index is 2.26. The Bertz CT molecular complexity index is 228. The zero-order chi connectivity index (χ0) is 6.81. The third-order valence-corrected chi connectivity index (χ3v) is 3.97. The molecule has 0 fully saturated rings. The average molecular weight is 166 g/mol. The van der Waals surface area contributed by atoms with Crippen LogP contribution in [0.3, 0.4) is 0 Å². The zero-order valence-electron chi connectivity index (χ0n) is 5.62. The number of hydrogen-bond donors (Lipinski definition) is 0. The Kier molecular flexibility index (Phi) is 1.84. The summed E-state index contributed by atoms with van der Waals surface area (Å²) in [4.78, 5) is 0. The minimum atomic E-state index is 1.22. The maximum atomic E-state index is 2.26. The van der Waals surface area contributed by atoms with E-state index in [9.17, 15) is 0 Å². The van der Waals surface area contributed by atoms with Crippen LogP contribution in [0.5, 0.6) is 0 Å². The van der Waals surface area contributed by atoms with Gasteiger partial charge in [0.1, 0.15) is 0 Å². The van der Waals surface area contributed by atoms with Gasteiger partial charge in [0, 0.05) is 22.9 Å². The summed E-state index contributed by atoms with van der Waals surface area (Å²) in [6.07, 6.45) is 11.5. The van der Waals surface area contributed by atoms with Crippen molar-refractivity contribution in [1.82, 2.24) is 0 Å². The molecule has 0 saturated heterocycles. The highest BCUT2D eigenvalue weighted by Crippen LogP contribution is 2.18. The number of rotatable bonds is 1. The van der Waals surface area contributed by atoms with Crippen LogP contribution in [0.15, 0.2) is 24.3 Å². The van der Waals surface area contributed by atoms with Crippen LogP contribution in [0, 0.1) is 0 Å². The highest BCUT2D eigenvalue weighted by molar-refractivity contribution is 7.55. The Hall–Kier alpha value is -0.180. The van der Waals surface area contributed by atoms with E-state index in [2.05, 4.69) is 24.3 Å². The molecule has 2 heterocycles. The molecule has 0 N–H and O–H groups in total. The van der Waals surface area contributed by atoms with E-state index in [1.807, 2.05) is 0 Å². The standard InChI is InChI=1S/C8H8P2/c1-3-7(9-5-1)8-4-2-6-10-8/h1-4H,5-6H2. The fourth-order valence-electron chi connectivity index (χ4n) is 1.07. The van der Waals surface area contributed by atoms with Crippen molar-refractivity contribution < 1.29 is 0 Å². The molecular formula is C8H8P2. The van der Waals surface area contributed by atoms with Gasteiger partial charge in [0.05, 0.1) is 0 Å². The van der Waals surface area contributed by atoms with Crippen molar-refractivity contribution in [1.29, 1.82) is 0 Å². The Labute approximate surface area is 64.2 Å². The van der Waals surface area contributed by atoms with Gasteiger partial charge in [-0.05, 0) is 0 Å². The number of allylic oxidation sites excluding steroid dienone is 4. The Morgan fingerprint density at radius 2 is 1.40 bits per heavy atom. The van der Waals surface area contributed by atoms with Crippen LogP contribution in [-0.2, 0) is 0 Å². The molecule has 2 heteroatoms. The zero-order valence-corrected chi connectivity index (χ0v) is 7.41. The molecule has 0 aromatic carbocycles. The molecule has 0 nitrogen and oxygen atoms in total. The highest BCUT2D eigenvalue weighted by Gasteiger charge is 2.04. The number of hydrogen-bond acceptors (Lipinski definition) is 0. The van der Waals surface area contributed by atoms with Crippen LogP contribution < -0.4 is 0 Å². The first kappa shape index (κ1) is 6.53. The van der Waals surface area contributed by atoms with Crippen LogP contribution in [0.25, 0.3) is 0 Å². The minimum Gasteiger partial charge on any atom is -0.0914 e. The van der Waals surface area contributed by atoms with Crippen molar-refractivity contribution in [3.05, 3.63) is 24.3 Å². The van der Waals surface area contributed by atoms with Crippen molar-refractivity contribution in [2.45, 2.75) is 0 Å². The van der Waals surface area contributed by atoms with Crippen LogP contribution in [0.4, 0.5) is 0 Å². The van der Waals surface area contributed by atoms with Crippen molar-refractivity contribution >= 4 is 27.0 Å². The lowest BCUT2D eigenvalue weighted by molar-refractivity contribution is 1.82. The molecular weight excluding hydrogens is 158 g/mol. The summed E-state index contributed by atoms with van der Waals surface area (Å²) in [6.45, 7) is 0. The fourth-order valence-corrected chi connectivity index (χ4v) is 3.20. The molecule has 2 rings (SSSR count). The molecule has 10 heavy (non-hydrogen) atoms. The van der Waals surface area contributed by atoms with E-state index in [1.54, 1.807) is 0 Å². The van der Waals surface area contributed by atoms with Crippen LogP contribution in [-0.4, -0.2) is 22.9 Å². The highest BCUT2D eigenvalue weighted by atomic mass is 31.1. The van der Waals surface area contributed by atoms with Gasteiger partial charge in [-0.1, -0.05) is 40.7 Å². The molecule has 0 atom stereocenters. The molecule has 0 spiro atoms. The first-order valence-electron chi connectivity index (χ1n) is 3.39. The third-order valence-electron chi connectivity index (χ3n) is 1.55. The largest absolute Gasteiger partial charge is 0.0914 e. The predicted molar refractivity (Wildman–Crippen MR) is 51.9 cm³/mol. The summed E-state index contributed by atoms with van der Waals surface area (Å²) in [6, 6.07) is 0. The second-order valence-electron chi connectivity index (χ2n) is 2.26. The van der Waals surface area contributed by atoms with E-state index < -0.39 is 0 Å². The minimum absolute atomic E-state index is 1.22. The van der Waals surface area contributed by atoms with Gasteiger partial charge in [-0.15, -0.1) is 0 Å². The van der Waals surface area contributed by atoms with Crippen molar-refractivity contribution in [2.24, 2.45) is 0 Å². The lowest BCUT2D eigenvalue weighted by Gasteiger charge is -1.92. The Morgan fingerprint density at radius 1 is 0.900 bits per heavy atom. The van der Waals surface area contributed by atoms with Gasteiger partial charge in [-0.3, -0.25) is 0 Å². The monoisotopic (exact) mass is 166 g/mol. The van der Waals surface area contributed by atoms with Gasteiger partial charge in [0.2, 0.25) is 0 Å². The molecule has 0 amide bonds. The molecule has 0 unspecified atom stereocenters. The molecule has 0 bridgehead atoms. The quantitative estimate of drug-likeness (QED) is 0.524. The topological polar surface area (TPSA) is 0 Å². The summed E-state index contributed by atoms with van der Waals surface area (Å²) in [7, 11) is 2.99. The van der Waals surface area contributed by atoms with E-state index in [4.69, 9.17) is 0 Å². The first-order valence-corrected chi connectivity index (χ1v) is 5.55. The molecule has 2 aliphatic heterocycles. The van der Waals surface area contributed by atoms with E-state index >= 15 is 0 Å². The lowest BCUT2D eigenvalue weighted by atomic mass is 10.3. The maximum Gasteiger partial charge on any atom is 0.00916 e. The summed E-state index contributed by atoms with van der Waals surface area (Å²) in [5, 5.41) is 3.07. The SMILES string of the molecule is C1=CC(C2=PCC=C2)=PC1. The average Bonchev–Trinajstić information content (AvgIpc) is 2.59. The van der Waals surface area contributed by atoms with Crippen molar-refractivity contribution in [3.63, 3.8) is 0 Å². The van der Waals surface area contributed by atoms with E-state index in [-0.39, 0.29) is 0 Å². The van der Waals surface area contributed by atoms with Crippen LogP contribution >= 0.6 is 16.4 Å². The second kappa shape index (κ2) is 2.82. The molecule has 0 radical (unpaired) electrons. The van der Waals surface area contributed by atoms with E-state index in [1.165, 1.54) is 39.3 Å². The summed E-state index contributed by atoms with van der Waals surface area (Å²) in [5.74, 6) is 0. The first-order chi connectivity index (χ1) is 4.97. The fraction of sp³-hybridized carbons (Fsp3) is 0.250.